The zero-order valence-corrected chi connectivity index (χ0v) is 22.0. The normalized spacial score (nSPS) is 27.6. The lowest BCUT2D eigenvalue weighted by molar-refractivity contribution is -0.145. The van der Waals surface area contributed by atoms with Gasteiger partial charge in [0.15, 0.2) is 0 Å². The Bertz CT molecular complexity index is 822. The minimum Gasteiger partial charge on any atom is -0.282 e. The van der Waals surface area contributed by atoms with Gasteiger partial charge >= 0.3 is 0 Å². The van der Waals surface area contributed by atoms with Gasteiger partial charge in [-0.1, -0.05) is 48.5 Å². The van der Waals surface area contributed by atoms with E-state index >= 15 is 0 Å². The molecule has 3 atom stereocenters. The molecular weight excluding hydrogens is 450 g/mol. The van der Waals surface area contributed by atoms with Crippen LogP contribution in [0.2, 0.25) is 0 Å². The second-order valence-corrected chi connectivity index (χ2v) is 11.9. The average molecular weight is 490 g/mol. The molecule has 3 aliphatic heterocycles. The molecular formula is C26H39N3O6. The molecule has 0 aliphatic carbocycles. The smallest absolute Gasteiger partial charge is 0.233 e. The topological polar surface area (TPSA) is 112 Å². The van der Waals surface area contributed by atoms with Crippen molar-refractivity contribution in [3.05, 3.63) is 0 Å². The molecule has 3 aliphatic rings. The number of imide groups is 3. The van der Waals surface area contributed by atoms with E-state index in [0.717, 1.165) is 0 Å². The molecule has 3 heterocycles. The molecule has 0 radical (unpaired) electrons. The van der Waals surface area contributed by atoms with Gasteiger partial charge in [-0.15, -0.1) is 0 Å². The van der Waals surface area contributed by atoms with E-state index in [9.17, 15) is 28.8 Å². The fourth-order valence-corrected chi connectivity index (χ4v) is 5.48. The number of nitrogens with zero attached hydrogens (tertiary/aromatic N) is 3. The van der Waals surface area contributed by atoms with Crippen molar-refractivity contribution in [2.75, 3.05) is 19.6 Å². The highest BCUT2D eigenvalue weighted by atomic mass is 16.2. The summed E-state index contributed by atoms with van der Waals surface area (Å²) < 4.78 is 0. The van der Waals surface area contributed by atoms with E-state index < -0.39 is 23.2 Å². The van der Waals surface area contributed by atoms with E-state index in [2.05, 4.69) is 0 Å². The number of amides is 6. The minimum absolute atomic E-state index is 0.00946. The largest absolute Gasteiger partial charge is 0.282 e. The Morgan fingerprint density at radius 3 is 0.971 bits per heavy atom. The van der Waals surface area contributed by atoms with Crippen LogP contribution in [0.15, 0.2) is 0 Å². The molecule has 6 amide bonds. The van der Waals surface area contributed by atoms with Gasteiger partial charge in [-0.3, -0.25) is 43.5 Å². The predicted octanol–water partition coefficient (Wildman–Crippen LogP) is 2.09. The summed E-state index contributed by atoms with van der Waals surface area (Å²) in [5.74, 6) is -3.07. The van der Waals surface area contributed by atoms with Gasteiger partial charge in [-0.25, -0.2) is 0 Å². The third-order valence-corrected chi connectivity index (χ3v) is 7.87. The second-order valence-electron chi connectivity index (χ2n) is 11.9. The molecule has 3 fully saturated rings. The summed E-state index contributed by atoms with van der Waals surface area (Å²) in [5.41, 5.74) is -1.05. The van der Waals surface area contributed by atoms with Gasteiger partial charge in [0.1, 0.15) is 0 Å². The van der Waals surface area contributed by atoms with E-state index in [-0.39, 0.29) is 92.1 Å². The number of rotatable bonds is 9. The van der Waals surface area contributed by atoms with Crippen molar-refractivity contribution in [2.45, 2.75) is 67.7 Å². The van der Waals surface area contributed by atoms with E-state index in [0.29, 0.717) is 0 Å². The van der Waals surface area contributed by atoms with Gasteiger partial charge in [0, 0.05) is 62.1 Å². The van der Waals surface area contributed by atoms with Gasteiger partial charge in [0.05, 0.1) is 0 Å². The first-order valence-electron chi connectivity index (χ1n) is 12.7. The van der Waals surface area contributed by atoms with Gasteiger partial charge in [0.25, 0.3) is 0 Å². The second kappa shape index (κ2) is 9.82. The summed E-state index contributed by atoms with van der Waals surface area (Å²) in [6.07, 6.45) is 0.335. The molecule has 0 aromatic rings. The molecule has 3 saturated heterocycles. The Morgan fingerprint density at radius 1 is 0.571 bits per heavy atom. The molecule has 0 aromatic carbocycles. The molecule has 3 unspecified atom stereocenters. The number of hydrogen-bond acceptors (Lipinski definition) is 6. The van der Waals surface area contributed by atoms with Crippen molar-refractivity contribution in [3.63, 3.8) is 0 Å². The molecule has 9 heteroatoms. The van der Waals surface area contributed by atoms with Crippen LogP contribution in [0.5, 0.6) is 0 Å². The lowest BCUT2D eigenvalue weighted by Gasteiger charge is -2.38. The molecule has 0 spiro atoms. The Morgan fingerprint density at radius 2 is 0.800 bits per heavy atom. The van der Waals surface area contributed by atoms with Gasteiger partial charge < -0.3 is 0 Å². The molecule has 0 bridgehead atoms. The van der Waals surface area contributed by atoms with Gasteiger partial charge in [-0.2, -0.15) is 0 Å². The first-order chi connectivity index (χ1) is 16.2. The van der Waals surface area contributed by atoms with E-state index in [1.54, 1.807) is 6.92 Å². The highest BCUT2D eigenvalue weighted by Crippen LogP contribution is 2.36. The molecule has 3 rings (SSSR count). The van der Waals surface area contributed by atoms with Gasteiger partial charge in [-0.05, 0) is 17.8 Å². The summed E-state index contributed by atoms with van der Waals surface area (Å²) in [5, 5.41) is 0. The van der Waals surface area contributed by atoms with Crippen LogP contribution in [0.25, 0.3) is 0 Å². The Hall–Kier alpha value is -2.58. The molecule has 0 saturated carbocycles. The summed E-state index contributed by atoms with van der Waals surface area (Å²) in [6, 6.07) is 0. The van der Waals surface area contributed by atoms with Crippen LogP contribution < -0.4 is 0 Å². The summed E-state index contributed by atoms with van der Waals surface area (Å²) in [6.45, 7) is 12.9. The highest BCUT2D eigenvalue weighted by Gasteiger charge is 2.50. The summed E-state index contributed by atoms with van der Waals surface area (Å²) >= 11 is 0. The molecule has 0 N–H and O–H groups in total. The zero-order valence-electron chi connectivity index (χ0n) is 22.0. The first-order valence-corrected chi connectivity index (χ1v) is 12.7. The number of hydrogen-bond donors (Lipinski definition) is 0. The van der Waals surface area contributed by atoms with Crippen LogP contribution in [-0.2, 0) is 28.8 Å². The maximum absolute atomic E-state index is 13.1. The van der Waals surface area contributed by atoms with Crippen molar-refractivity contribution in [3.8, 4) is 0 Å². The van der Waals surface area contributed by atoms with Crippen LogP contribution in [0.1, 0.15) is 67.7 Å². The quantitative estimate of drug-likeness (QED) is 0.459. The van der Waals surface area contributed by atoms with E-state index in [4.69, 9.17) is 0 Å². The van der Waals surface area contributed by atoms with E-state index in [1.165, 1.54) is 14.7 Å². The number of carbonyl (C=O) groups is 6. The maximum Gasteiger partial charge on any atom is 0.233 e. The molecule has 194 valence electrons. The monoisotopic (exact) mass is 489 g/mol. The average Bonchev–Trinajstić information content (AvgIpc) is 3.31. The van der Waals surface area contributed by atoms with E-state index in [1.807, 2.05) is 41.5 Å². The molecule has 35 heavy (non-hydrogen) atoms. The van der Waals surface area contributed by atoms with Crippen molar-refractivity contribution >= 4 is 35.4 Å². The van der Waals surface area contributed by atoms with Crippen molar-refractivity contribution < 1.29 is 28.8 Å². The van der Waals surface area contributed by atoms with Crippen LogP contribution >= 0.6 is 0 Å². The predicted molar refractivity (Wildman–Crippen MR) is 127 cm³/mol. The standard InChI is InChI=1S/C26H39N3O6/c1-14(2)17-8-20(30)27(23(17)33)11-26(7,12-28-21(31)9-18(15(3)4)24(28)34)13-29-22(32)10-19(16(5)6)25(29)35/h14-19H,8-13H2,1-7H3. The third kappa shape index (κ3) is 5.19. The SMILES string of the molecule is CC(C)C1CC(=O)N(CC(C)(CN2C(=O)CC(C(C)C)C2=O)CN2C(=O)CC(C(C)C)C2=O)C1=O. The highest BCUT2D eigenvalue weighted by molar-refractivity contribution is 6.05. The van der Waals surface area contributed by atoms with Crippen molar-refractivity contribution in [2.24, 2.45) is 40.9 Å². The summed E-state index contributed by atoms with van der Waals surface area (Å²) in [4.78, 5) is 81.2. The number of carbonyl (C=O) groups excluding carboxylic acids is 6. The summed E-state index contributed by atoms with van der Waals surface area (Å²) in [7, 11) is 0. The zero-order chi connectivity index (χ0) is 26.4. The third-order valence-electron chi connectivity index (χ3n) is 7.87. The van der Waals surface area contributed by atoms with Crippen LogP contribution in [-0.4, -0.2) is 69.8 Å². The Labute approximate surface area is 207 Å². The first kappa shape index (κ1) is 27.0. The molecule has 0 aromatic heterocycles. The van der Waals surface area contributed by atoms with Crippen molar-refractivity contribution in [1.29, 1.82) is 0 Å². The fourth-order valence-electron chi connectivity index (χ4n) is 5.48. The fraction of sp³-hybridized carbons (Fsp3) is 0.769. The number of likely N-dealkylation sites (tertiary alicyclic amines) is 3. The van der Waals surface area contributed by atoms with Crippen molar-refractivity contribution in [1.82, 2.24) is 14.7 Å². The van der Waals surface area contributed by atoms with Crippen LogP contribution in [0.3, 0.4) is 0 Å². The lowest BCUT2D eigenvalue weighted by atomic mass is 9.87. The Balaban J connectivity index is 1.91. The van der Waals surface area contributed by atoms with Crippen LogP contribution in [0, 0.1) is 40.9 Å². The molecule has 9 nitrogen and oxygen atoms in total. The Kier molecular flexibility index (Phi) is 7.58. The van der Waals surface area contributed by atoms with Crippen LogP contribution in [0.4, 0.5) is 0 Å². The maximum atomic E-state index is 13.1. The minimum atomic E-state index is -1.05. The van der Waals surface area contributed by atoms with Gasteiger partial charge in [0.2, 0.25) is 35.4 Å². The lowest BCUT2D eigenvalue weighted by Crippen LogP contribution is -2.53.